The largest absolute Gasteiger partial charge is 0.325 e. The van der Waals surface area contributed by atoms with E-state index in [0.717, 1.165) is 0 Å². The van der Waals surface area contributed by atoms with Crippen LogP contribution >= 0.6 is 0 Å². The number of hydrogen-bond donors (Lipinski definition) is 1. The number of rotatable bonds is 2. The van der Waals surface area contributed by atoms with Gasteiger partial charge in [-0.25, -0.2) is 8.78 Å². The Hall–Kier alpha value is -1.54. The van der Waals surface area contributed by atoms with Gasteiger partial charge in [-0.05, 0) is 12.5 Å². The second-order valence-electron chi connectivity index (χ2n) is 2.79. The molecule has 1 heterocycles. The van der Waals surface area contributed by atoms with E-state index in [4.69, 9.17) is 11.0 Å². The molecule has 0 atom stereocenters. The molecular formula is C9H9F2N3. The highest BCUT2D eigenvalue weighted by Crippen LogP contribution is 2.26. The van der Waals surface area contributed by atoms with Crippen LogP contribution in [0.1, 0.15) is 28.8 Å². The Kier molecular flexibility index (Phi) is 3.10. The Labute approximate surface area is 80.2 Å². The standard InChI is InChI=1S/C9H9F2N3/c1-5-4-14-7(3-13)8(9(10)11)6(5)2-12/h4,9H,3,13H2,1H3. The Bertz CT molecular complexity index is 382. The fraction of sp³-hybridized carbons (Fsp3) is 0.333. The molecule has 0 fully saturated rings. The van der Waals surface area contributed by atoms with Crippen LogP contribution in [-0.4, -0.2) is 4.98 Å². The molecular weight excluding hydrogens is 188 g/mol. The molecule has 0 aliphatic heterocycles. The van der Waals surface area contributed by atoms with E-state index in [9.17, 15) is 8.78 Å². The fourth-order valence-electron chi connectivity index (χ4n) is 1.21. The number of hydrogen-bond acceptors (Lipinski definition) is 3. The van der Waals surface area contributed by atoms with Crippen molar-refractivity contribution in [2.45, 2.75) is 19.9 Å². The zero-order chi connectivity index (χ0) is 10.7. The average Bonchev–Trinajstić information content (AvgIpc) is 2.17. The molecule has 0 aliphatic carbocycles. The van der Waals surface area contributed by atoms with Gasteiger partial charge >= 0.3 is 0 Å². The number of pyridine rings is 1. The Balaban J connectivity index is 3.46. The Morgan fingerprint density at radius 3 is 2.71 bits per heavy atom. The number of nitriles is 1. The third-order valence-electron chi connectivity index (χ3n) is 1.91. The minimum Gasteiger partial charge on any atom is -0.325 e. The van der Waals surface area contributed by atoms with Crippen LogP contribution in [0.4, 0.5) is 8.78 Å². The van der Waals surface area contributed by atoms with Crippen LogP contribution in [0.15, 0.2) is 6.20 Å². The lowest BCUT2D eigenvalue weighted by Gasteiger charge is -2.09. The zero-order valence-electron chi connectivity index (χ0n) is 7.59. The van der Waals surface area contributed by atoms with Gasteiger partial charge in [0, 0.05) is 12.7 Å². The number of aromatic nitrogens is 1. The van der Waals surface area contributed by atoms with Gasteiger partial charge in [-0.1, -0.05) is 0 Å². The zero-order valence-corrected chi connectivity index (χ0v) is 7.59. The maximum Gasteiger partial charge on any atom is 0.266 e. The molecule has 1 aromatic rings. The minimum atomic E-state index is -2.71. The van der Waals surface area contributed by atoms with E-state index in [2.05, 4.69) is 4.98 Å². The van der Waals surface area contributed by atoms with Crippen LogP contribution in [0.2, 0.25) is 0 Å². The molecule has 5 heteroatoms. The van der Waals surface area contributed by atoms with E-state index in [1.54, 1.807) is 13.0 Å². The molecule has 0 saturated carbocycles. The number of aryl methyl sites for hydroxylation is 1. The van der Waals surface area contributed by atoms with E-state index in [1.807, 2.05) is 0 Å². The van der Waals surface area contributed by atoms with Crippen molar-refractivity contribution in [3.8, 4) is 6.07 Å². The third kappa shape index (κ3) is 1.70. The van der Waals surface area contributed by atoms with E-state index >= 15 is 0 Å². The van der Waals surface area contributed by atoms with Crippen LogP contribution in [0, 0.1) is 18.3 Å². The van der Waals surface area contributed by atoms with Gasteiger partial charge in [0.25, 0.3) is 6.43 Å². The van der Waals surface area contributed by atoms with Crippen LogP contribution in [0.3, 0.4) is 0 Å². The van der Waals surface area contributed by atoms with Gasteiger partial charge in [0.05, 0.1) is 16.8 Å². The molecule has 0 amide bonds. The van der Waals surface area contributed by atoms with Crippen molar-refractivity contribution in [3.63, 3.8) is 0 Å². The van der Waals surface area contributed by atoms with Gasteiger partial charge in [0.2, 0.25) is 0 Å². The molecule has 0 spiro atoms. The summed E-state index contributed by atoms with van der Waals surface area (Å²) in [6, 6.07) is 1.74. The molecule has 0 aromatic carbocycles. The van der Waals surface area contributed by atoms with E-state index in [0.29, 0.717) is 5.56 Å². The van der Waals surface area contributed by atoms with Gasteiger partial charge in [-0.3, -0.25) is 4.98 Å². The fourth-order valence-corrected chi connectivity index (χ4v) is 1.21. The molecule has 74 valence electrons. The summed E-state index contributed by atoms with van der Waals surface area (Å²) in [5.74, 6) is 0. The molecule has 1 rings (SSSR count). The minimum absolute atomic E-state index is 0.0181. The van der Waals surface area contributed by atoms with Crippen molar-refractivity contribution >= 4 is 0 Å². The highest BCUT2D eigenvalue weighted by molar-refractivity contribution is 5.45. The summed E-state index contributed by atoms with van der Waals surface area (Å²) in [5, 5.41) is 8.72. The summed E-state index contributed by atoms with van der Waals surface area (Å²) in [6.07, 6.45) is -1.33. The topological polar surface area (TPSA) is 62.7 Å². The van der Waals surface area contributed by atoms with Gasteiger partial charge in [-0.2, -0.15) is 5.26 Å². The van der Waals surface area contributed by atoms with Crippen LogP contribution in [0.5, 0.6) is 0 Å². The number of nitrogens with two attached hydrogens (primary N) is 1. The summed E-state index contributed by atoms with van der Waals surface area (Å²) >= 11 is 0. The first-order valence-electron chi connectivity index (χ1n) is 3.98. The highest BCUT2D eigenvalue weighted by atomic mass is 19.3. The summed E-state index contributed by atoms with van der Waals surface area (Å²) < 4.78 is 25.2. The van der Waals surface area contributed by atoms with E-state index < -0.39 is 6.43 Å². The molecule has 0 saturated heterocycles. The van der Waals surface area contributed by atoms with Gasteiger partial charge < -0.3 is 5.73 Å². The average molecular weight is 197 g/mol. The van der Waals surface area contributed by atoms with Crippen molar-refractivity contribution in [1.82, 2.24) is 4.98 Å². The van der Waals surface area contributed by atoms with Gasteiger partial charge in [-0.15, -0.1) is 0 Å². The van der Waals surface area contributed by atoms with Crippen molar-refractivity contribution in [2.24, 2.45) is 5.73 Å². The SMILES string of the molecule is Cc1cnc(CN)c(C(F)F)c1C#N. The summed E-state index contributed by atoms with van der Waals surface area (Å²) in [4.78, 5) is 3.77. The first-order chi connectivity index (χ1) is 6.61. The van der Waals surface area contributed by atoms with E-state index in [1.165, 1.54) is 6.20 Å². The van der Waals surface area contributed by atoms with Crippen molar-refractivity contribution in [3.05, 3.63) is 28.6 Å². The van der Waals surface area contributed by atoms with Crippen LogP contribution in [-0.2, 0) is 6.54 Å². The monoisotopic (exact) mass is 197 g/mol. The number of halogens is 2. The molecule has 0 bridgehead atoms. The summed E-state index contributed by atoms with van der Waals surface area (Å²) in [6.45, 7) is 1.48. The van der Waals surface area contributed by atoms with Gasteiger partial charge in [0.1, 0.15) is 6.07 Å². The lowest BCUT2D eigenvalue weighted by atomic mass is 10.0. The first kappa shape index (κ1) is 10.5. The Morgan fingerprint density at radius 1 is 1.64 bits per heavy atom. The smallest absolute Gasteiger partial charge is 0.266 e. The second-order valence-corrected chi connectivity index (χ2v) is 2.79. The normalized spacial score (nSPS) is 10.3. The molecule has 0 unspecified atom stereocenters. The van der Waals surface area contributed by atoms with Crippen molar-refractivity contribution < 1.29 is 8.78 Å². The maximum absolute atomic E-state index is 12.6. The maximum atomic E-state index is 12.6. The van der Waals surface area contributed by atoms with Gasteiger partial charge in [0.15, 0.2) is 0 Å². The molecule has 2 N–H and O–H groups in total. The first-order valence-corrected chi connectivity index (χ1v) is 3.98. The lowest BCUT2D eigenvalue weighted by Crippen LogP contribution is -2.08. The molecule has 3 nitrogen and oxygen atoms in total. The quantitative estimate of drug-likeness (QED) is 0.784. The summed E-state index contributed by atoms with van der Waals surface area (Å²) in [7, 11) is 0. The van der Waals surface area contributed by atoms with Crippen molar-refractivity contribution in [1.29, 1.82) is 5.26 Å². The van der Waals surface area contributed by atoms with Crippen molar-refractivity contribution in [2.75, 3.05) is 0 Å². The molecule has 0 aliphatic rings. The second kappa shape index (κ2) is 4.11. The van der Waals surface area contributed by atoms with E-state index in [-0.39, 0.29) is 23.4 Å². The predicted octanol–water partition coefficient (Wildman–Crippen LogP) is 1.66. The molecule has 14 heavy (non-hydrogen) atoms. The van der Waals surface area contributed by atoms with Crippen LogP contribution < -0.4 is 5.73 Å². The molecule has 1 aromatic heterocycles. The highest BCUT2D eigenvalue weighted by Gasteiger charge is 2.19. The van der Waals surface area contributed by atoms with Crippen LogP contribution in [0.25, 0.3) is 0 Å². The number of nitrogens with zero attached hydrogens (tertiary/aromatic N) is 2. The Morgan fingerprint density at radius 2 is 2.29 bits per heavy atom. The number of alkyl halides is 2. The third-order valence-corrected chi connectivity index (χ3v) is 1.91. The predicted molar refractivity (Wildman–Crippen MR) is 46.5 cm³/mol. The summed E-state index contributed by atoms with van der Waals surface area (Å²) in [5.41, 5.74) is 5.43. The lowest BCUT2D eigenvalue weighted by molar-refractivity contribution is 0.149. The molecule has 0 radical (unpaired) electrons.